The summed E-state index contributed by atoms with van der Waals surface area (Å²) in [5, 5.41) is 14.8. The molecule has 1 aliphatic rings. The smallest absolute Gasteiger partial charge is 0.145 e. The minimum Gasteiger partial charge on any atom is -0.497 e. The highest BCUT2D eigenvalue weighted by Gasteiger charge is 2.26. The van der Waals surface area contributed by atoms with Gasteiger partial charge in [0.15, 0.2) is 0 Å². The molecule has 0 saturated heterocycles. The molecule has 30 heavy (non-hydrogen) atoms. The molecule has 2 aromatic carbocycles. The van der Waals surface area contributed by atoms with Gasteiger partial charge >= 0.3 is 0 Å². The second kappa shape index (κ2) is 11.1. The van der Waals surface area contributed by atoms with Crippen molar-refractivity contribution < 1.29 is 19.4 Å². The highest BCUT2D eigenvalue weighted by Crippen LogP contribution is 2.20. The number of ether oxygens (including phenoxy) is 2. The molecule has 0 unspecified atom stereocenters. The van der Waals surface area contributed by atoms with Gasteiger partial charge in [0.25, 0.3) is 0 Å². The number of hydrogen-bond donors (Lipinski definition) is 1. The van der Waals surface area contributed by atoms with E-state index in [9.17, 15) is 5.11 Å². The maximum atomic E-state index is 10.5. The molecule has 162 valence electrons. The molecule has 0 saturated carbocycles. The normalized spacial score (nSPS) is 17.1. The third kappa shape index (κ3) is 6.83. The average molecular weight is 413 g/mol. The van der Waals surface area contributed by atoms with Crippen LogP contribution < -0.4 is 4.74 Å². The average Bonchev–Trinajstić information content (AvgIpc) is 3.21. The fourth-order valence-electron chi connectivity index (χ4n) is 3.50. The zero-order valence-electron chi connectivity index (χ0n) is 18.0. The van der Waals surface area contributed by atoms with Gasteiger partial charge in [0.1, 0.15) is 11.9 Å². The third-order valence-electron chi connectivity index (χ3n) is 4.93. The van der Waals surface area contributed by atoms with Crippen molar-refractivity contribution >= 4 is 5.71 Å². The van der Waals surface area contributed by atoms with Gasteiger partial charge in [-0.15, -0.1) is 0 Å². The molecule has 3 rings (SSSR count). The van der Waals surface area contributed by atoms with Gasteiger partial charge in [-0.1, -0.05) is 47.6 Å². The van der Waals surface area contributed by atoms with E-state index in [2.05, 4.69) is 16.1 Å². The first kappa shape index (κ1) is 22.3. The molecule has 6 heteroatoms. The fraction of sp³-hybridized carbons (Fsp3) is 0.458. The van der Waals surface area contributed by atoms with E-state index < -0.39 is 6.10 Å². The summed E-state index contributed by atoms with van der Waals surface area (Å²) < 4.78 is 10.9. The summed E-state index contributed by atoms with van der Waals surface area (Å²) in [6.45, 7) is 6.07. The lowest BCUT2D eigenvalue weighted by molar-refractivity contribution is -0.0194. The van der Waals surface area contributed by atoms with E-state index in [1.807, 2.05) is 62.4 Å². The van der Waals surface area contributed by atoms with E-state index >= 15 is 0 Å². The molecule has 0 radical (unpaired) electrons. The van der Waals surface area contributed by atoms with Crippen LogP contribution in [0.2, 0.25) is 0 Å². The molecule has 0 bridgehead atoms. The zero-order chi connectivity index (χ0) is 21.3. The summed E-state index contributed by atoms with van der Waals surface area (Å²) in [7, 11) is 1.67. The summed E-state index contributed by atoms with van der Waals surface area (Å²) >= 11 is 0. The van der Waals surface area contributed by atoms with E-state index in [1.54, 1.807) is 7.11 Å². The van der Waals surface area contributed by atoms with Gasteiger partial charge in [-0.2, -0.15) is 0 Å². The van der Waals surface area contributed by atoms with Crippen molar-refractivity contribution in [2.24, 2.45) is 5.16 Å². The number of rotatable bonds is 11. The van der Waals surface area contributed by atoms with Gasteiger partial charge in [-0.05, 0) is 37.1 Å². The molecular formula is C24H32N2O4. The predicted octanol–water partition coefficient (Wildman–Crippen LogP) is 3.48. The minimum absolute atomic E-state index is 0.0518. The summed E-state index contributed by atoms with van der Waals surface area (Å²) in [5.74, 6) is 0.822. The highest BCUT2D eigenvalue weighted by molar-refractivity contribution is 6.01. The first-order chi connectivity index (χ1) is 14.5. The number of oxime groups is 1. The Balaban J connectivity index is 1.63. The van der Waals surface area contributed by atoms with Crippen molar-refractivity contribution in [3.05, 3.63) is 65.7 Å². The number of aliphatic hydroxyl groups excluding tert-OH is 1. The Hall–Kier alpha value is -2.41. The van der Waals surface area contributed by atoms with Crippen LogP contribution in [0.1, 0.15) is 31.4 Å². The Bertz CT molecular complexity index is 810. The van der Waals surface area contributed by atoms with Crippen molar-refractivity contribution in [1.29, 1.82) is 0 Å². The van der Waals surface area contributed by atoms with Crippen LogP contribution in [-0.2, 0) is 16.1 Å². The van der Waals surface area contributed by atoms with E-state index in [-0.39, 0.29) is 12.2 Å². The molecule has 0 aromatic heterocycles. The SMILES string of the molecule is COc1cccc(CN(C[C@H](O)COC(C)C)C[C@H]2CC(c3ccccc3)=NO2)c1. The van der Waals surface area contributed by atoms with Gasteiger partial charge in [0.2, 0.25) is 0 Å². The zero-order valence-corrected chi connectivity index (χ0v) is 18.0. The third-order valence-corrected chi connectivity index (χ3v) is 4.93. The highest BCUT2D eigenvalue weighted by atomic mass is 16.6. The molecule has 6 nitrogen and oxygen atoms in total. The molecule has 1 aliphatic heterocycles. The van der Waals surface area contributed by atoms with E-state index in [0.717, 1.165) is 29.0 Å². The van der Waals surface area contributed by atoms with Crippen LogP contribution in [0.25, 0.3) is 0 Å². The largest absolute Gasteiger partial charge is 0.497 e. The minimum atomic E-state index is -0.575. The molecule has 1 N–H and O–H groups in total. The van der Waals surface area contributed by atoms with Crippen LogP contribution in [-0.4, -0.2) is 60.8 Å². The summed E-state index contributed by atoms with van der Waals surface area (Å²) in [6, 6.07) is 18.1. The molecule has 0 spiro atoms. The van der Waals surface area contributed by atoms with Crippen molar-refractivity contribution in [3.63, 3.8) is 0 Å². The van der Waals surface area contributed by atoms with E-state index in [1.165, 1.54) is 0 Å². The molecule has 0 fully saturated rings. The summed E-state index contributed by atoms with van der Waals surface area (Å²) in [5.41, 5.74) is 3.17. The number of methoxy groups -OCH3 is 1. The Morgan fingerprint density at radius 1 is 1.17 bits per heavy atom. The van der Waals surface area contributed by atoms with Crippen molar-refractivity contribution in [1.82, 2.24) is 4.90 Å². The Morgan fingerprint density at radius 3 is 2.70 bits per heavy atom. The fourth-order valence-corrected chi connectivity index (χ4v) is 3.50. The van der Waals surface area contributed by atoms with Gasteiger partial charge in [-0.25, -0.2) is 0 Å². The Morgan fingerprint density at radius 2 is 1.97 bits per heavy atom. The topological polar surface area (TPSA) is 63.5 Å². The second-order valence-electron chi connectivity index (χ2n) is 7.92. The monoisotopic (exact) mass is 412 g/mol. The standard InChI is InChI=1S/C24H32N2O4/c1-18(2)29-17-21(27)15-26(14-19-8-7-11-22(12-19)28-3)16-23-13-24(25-30-23)20-9-5-4-6-10-20/h4-12,18,21,23,27H,13-17H2,1-3H3/t21-,23+/m0/s1. The molecular weight excluding hydrogens is 380 g/mol. The lowest BCUT2D eigenvalue weighted by atomic mass is 10.0. The molecule has 2 aromatic rings. The Labute approximate surface area is 179 Å². The first-order valence-corrected chi connectivity index (χ1v) is 10.5. The Kier molecular flexibility index (Phi) is 8.25. The number of benzene rings is 2. The second-order valence-corrected chi connectivity index (χ2v) is 7.92. The molecule has 0 amide bonds. The van der Waals surface area contributed by atoms with Crippen molar-refractivity contribution in [3.8, 4) is 5.75 Å². The number of aliphatic hydroxyl groups is 1. The van der Waals surface area contributed by atoms with Crippen LogP contribution in [0.3, 0.4) is 0 Å². The van der Waals surface area contributed by atoms with Crippen LogP contribution in [0.4, 0.5) is 0 Å². The number of hydrogen-bond acceptors (Lipinski definition) is 6. The maximum Gasteiger partial charge on any atom is 0.145 e. The van der Waals surface area contributed by atoms with Crippen LogP contribution in [0.15, 0.2) is 59.8 Å². The summed E-state index contributed by atoms with van der Waals surface area (Å²) in [6.07, 6.45) is 0.210. The first-order valence-electron chi connectivity index (χ1n) is 10.5. The van der Waals surface area contributed by atoms with Crippen LogP contribution in [0.5, 0.6) is 5.75 Å². The predicted molar refractivity (Wildman–Crippen MR) is 118 cm³/mol. The lowest BCUT2D eigenvalue weighted by Gasteiger charge is -2.27. The van der Waals surface area contributed by atoms with Crippen molar-refractivity contribution in [2.45, 2.75) is 45.1 Å². The van der Waals surface area contributed by atoms with Gasteiger partial charge < -0.3 is 19.4 Å². The quantitative estimate of drug-likeness (QED) is 0.612. The van der Waals surface area contributed by atoms with Crippen LogP contribution >= 0.6 is 0 Å². The van der Waals surface area contributed by atoms with Crippen molar-refractivity contribution in [2.75, 3.05) is 26.8 Å². The molecule has 0 aliphatic carbocycles. The lowest BCUT2D eigenvalue weighted by Crippen LogP contribution is -2.39. The van der Waals surface area contributed by atoms with Crippen LogP contribution in [0, 0.1) is 0 Å². The van der Waals surface area contributed by atoms with Gasteiger partial charge in [-0.3, -0.25) is 4.90 Å². The maximum absolute atomic E-state index is 10.5. The molecule has 1 heterocycles. The van der Waals surface area contributed by atoms with E-state index in [0.29, 0.717) is 26.2 Å². The van der Waals surface area contributed by atoms with Gasteiger partial charge in [0.05, 0.1) is 31.6 Å². The van der Waals surface area contributed by atoms with Gasteiger partial charge in [0, 0.05) is 26.1 Å². The summed E-state index contributed by atoms with van der Waals surface area (Å²) in [4.78, 5) is 7.91. The number of nitrogens with zero attached hydrogens (tertiary/aromatic N) is 2. The van der Waals surface area contributed by atoms with E-state index in [4.69, 9.17) is 14.3 Å². The molecule has 2 atom stereocenters.